The normalized spacial score (nSPS) is 11.1. The first-order valence-corrected chi connectivity index (χ1v) is 6.30. The van der Waals surface area contributed by atoms with Gasteiger partial charge in [-0.2, -0.15) is 15.4 Å². The number of aromatic nitrogens is 5. The lowest BCUT2D eigenvalue weighted by molar-refractivity contribution is 0.631. The van der Waals surface area contributed by atoms with E-state index in [2.05, 4.69) is 39.2 Å². The number of rotatable bonds is 3. The molecule has 2 rings (SSSR count). The minimum absolute atomic E-state index is 0.130. The largest absolute Gasteiger partial charge is 0.304 e. The molecule has 0 unspecified atom stereocenters. The summed E-state index contributed by atoms with van der Waals surface area (Å²) in [5.74, 6) is 0.905. The average molecular weight is 345 g/mol. The number of halogens is 1. The first-order chi connectivity index (χ1) is 8.08. The zero-order valence-electron chi connectivity index (χ0n) is 9.49. The molecule has 2 heterocycles. The van der Waals surface area contributed by atoms with Crippen molar-refractivity contribution in [2.75, 3.05) is 0 Å². The number of aromatic amines is 2. The third-order valence-electron chi connectivity index (χ3n) is 2.19. The summed E-state index contributed by atoms with van der Waals surface area (Å²) in [6.45, 7) is 4.18. The Labute approximate surface area is 111 Å². The number of nitrogens with zero attached hydrogens (tertiary/aromatic N) is 3. The van der Waals surface area contributed by atoms with Crippen LogP contribution in [-0.4, -0.2) is 25.4 Å². The molecular formula is C10H12IN5O. The van der Waals surface area contributed by atoms with Crippen LogP contribution in [-0.2, 0) is 6.42 Å². The van der Waals surface area contributed by atoms with Crippen molar-refractivity contribution in [2.45, 2.75) is 20.3 Å². The van der Waals surface area contributed by atoms with Gasteiger partial charge >= 0.3 is 0 Å². The fourth-order valence-electron chi connectivity index (χ4n) is 1.46. The Bertz CT molecular complexity index is 561. The molecule has 0 aliphatic heterocycles. The number of hydrogen-bond donors (Lipinski definition) is 2. The molecule has 0 saturated carbocycles. The maximum Gasteiger partial charge on any atom is 0.264 e. The first-order valence-electron chi connectivity index (χ1n) is 5.22. The van der Waals surface area contributed by atoms with E-state index in [1.54, 1.807) is 0 Å². The van der Waals surface area contributed by atoms with Gasteiger partial charge in [-0.05, 0) is 34.9 Å². The van der Waals surface area contributed by atoms with Gasteiger partial charge in [0.2, 0.25) is 0 Å². The lowest BCUT2D eigenvalue weighted by Gasteiger charge is -2.07. The smallest absolute Gasteiger partial charge is 0.264 e. The first kappa shape index (κ1) is 12.2. The molecule has 2 N–H and O–H groups in total. The SMILES string of the molecule is CC(C)Cc1nc(-c2cn[nH]n2)[nH]c(=O)c1I. The van der Waals surface area contributed by atoms with Crippen molar-refractivity contribution in [3.8, 4) is 11.5 Å². The van der Waals surface area contributed by atoms with Crippen LogP contribution in [0.4, 0.5) is 0 Å². The molecule has 0 bridgehead atoms. The standard InChI is InChI=1S/C10H12IN5O/c1-5(2)3-6-8(11)10(17)14-9(13-6)7-4-12-16-15-7/h4-5H,3H2,1-2H3,(H,12,15,16)(H,13,14,17). The highest BCUT2D eigenvalue weighted by molar-refractivity contribution is 14.1. The number of nitrogens with one attached hydrogen (secondary N) is 2. The Kier molecular flexibility index (Phi) is 3.55. The fraction of sp³-hybridized carbons (Fsp3) is 0.400. The van der Waals surface area contributed by atoms with E-state index in [1.165, 1.54) is 6.20 Å². The molecule has 0 aliphatic carbocycles. The molecular weight excluding hydrogens is 333 g/mol. The van der Waals surface area contributed by atoms with E-state index in [-0.39, 0.29) is 5.56 Å². The van der Waals surface area contributed by atoms with Gasteiger partial charge in [-0.3, -0.25) is 4.79 Å². The van der Waals surface area contributed by atoms with E-state index in [0.717, 1.165) is 12.1 Å². The van der Waals surface area contributed by atoms with Crippen molar-refractivity contribution in [1.29, 1.82) is 0 Å². The molecule has 17 heavy (non-hydrogen) atoms. The van der Waals surface area contributed by atoms with Crippen LogP contribution in [0.1, 0.15) is 19.5 Å². The summed E-state index contributed by atoms with van der Waals surface area (Å²) >= 11 is 2.02. The molecule has 0 fully saturated rings. The fourth-order valence-corrected chi connectivity index (χ4v) is 1.94. The molecule has 0 spiro atoms. The van der Waals surface area contributed by atoms with Crippen LogP contribution in [0, 0.1) is 9.49 Å². The summed E-state index contributed by atoms with van der Waals surface area (Å²) in [7, 11) is 0. The van der Waals surface area contributed by atoms with Crippen molar-refractivity contribution < 1.29 is 0 Å². The monoisotopic (exact) mass is 345 g/mol. The summed E-state index contributed by atoms with van der Waals surface area (Å²) in [6, 6.07) is 0. The molecule has 2 aromatic heterocycles. The highest BCUT2D eigenvalue weighted by atomic mass is 127. The Morgan fingerprint density at radius 2 is 2.24 bits per heavy atom. The highest BCUT2D eigenvalue weighted by Gasteiger charge is 2.12. The van der Waals surface area contributed by atoms with E-state index in [1.807, 2.05) is 22.6 Å². The zero-order valence-corrected chi connectivity index (χ0v) is 11.6. The van der Waals surface area contributed by atoms with Crippen molar-refractivity contribution in [2.24, 2.45) is 5.92 Å². The van der Waals surface area contributed by atoms with Crippen LogP contribution in [0.5, 0.6) is 0 Å². The summed E-state index contributed by atoms with van der Waals surface area (Å²) in [5.41, 5.74) is 1.22. The lowest BCUT2D eigenvalue weighted by Crippen LogP contribution is -2.17. The van der Waals surface area contributed by atoms with Crippen LogP contribution in [0.25, 0.3) is 11.5 Å². The van der Waals surface area contributed by atoms with Gasteiger partial charge in [-0.25, -0.2) is 4.98 Å². The van der Waals surface area contributed by atoms with Gasteiger partial charge < -0.3 is 4.98 Å². The molecule has 0 radical (unpaired) electrons. The van der Waals surface area contributed by atoms with Crippen LogP contribution >= 0.6 is 22.6 Å². The molecule has 0 aromatic carbocycles. The molecule has 0 saturated heterocycles. The maximum absolute atomic E-state index is 11.8. The van der Waals surface area contributed by atoms with Crippen LogP contribution in [0.3, 0.4) is 0 Å². The Hall–Kier alpha value is -1.25. The van der Waals surface area contributed by atoms with Crippen molar-refractivity contribution in [1.82, 2.24) is 25.4 Å². The zero-order chi connectivity index (χ0) is 12.4. The van der Waals surface area contributed by atoms with Crippen molar-refractivity contribution in [3.63, 3.8) is 0 Å². The Morgan fingerprint density at radius 3 is 2.82 bits per heavy atom. The average Bonchev–Trinajstić information content (AvgIpc) is 2.77. The molecule has 0 atom stereocenters. The Morgan fingerprint density at radius 1 is 1.47 bits per heavy atom. The summed E-state index contributed by atoms with van der Waals surface area (Å²) in [4.78, 5) is 18.9. The van der Waals surface area contributed by atoms with E-state index in [0.29, 0.717) is 21.0 Å². The second kappa shape index (κ2) is 4.94. The number of hydrogen-bond acceptors (Lipinski definition) is 4. The summed E-state index contributed by atoms with van der Waals surface area (Å²) in [5, 5.41) is 10.1. The van der Waals surface area contributed by atoms with E-state index in [4.69, 9.17) is 0 Å². The molecule has 0 aliphatic rings. The third kappa shape index (κ3) is 2.71. The van der Waals surface area contributed by atoms with Gasteiger partial charge in [0.25, 0.3) is 5.56 Å². The number of H-pyrrole nitrogens is 2. The molecule has 6 nitrogen and oxygen atoms in total. The minimum Gasteiger partial charge on any atom is -0.304 e. The molecule has 90 valence electrons. The highest BCUT2D eigenvalue weighted by Crippen LogP contribution is 2.14. The third-order valence-corrected chi connectivity index (χ3v) is 3.30. The van der Waals surface area contributed by atoms with Gasteiger partial charge in [0, 0.05) is 0 Å². The minimum atomic E-state index is -0.130. The second-order valence-corrected chi connectivity index (χ2v) is 5.21. The van der Waals surface area contributed by atoms with Crippen LogP contribution in [0.2, 0.25) is 0 Å². The summed E-state index contributed by atoms with van der Waals surface area (Å²) in [6.07, 6.45) is 2.30. The predicted octanol–water partition coefficient (Wildman–Crippen LogP) is 1.36. The van der Waals surface area contributed by atoms with Gasteiger partial charge in [-0.15, -0.1) is 0 Å². The molecule has 0 amide bonds. The van der Waals surface area contributed by atoms with E-state index >= 15 is 0 Å². The van der Waals surface area contributed by atoms with Crippen LogP contribution in [0.15, 0.2) is 11.0 Å². The summed E-state index contributed by atoms with van der Waals surface area (Å²) < 4.78 is 0.642. The molecule has 7 heteroatoms. The van der Waals surface area contributed by atoms with Gasteiger partial charge in [-0.1, -0.05) is 13.8 Å². The maximum atomic E-state index is 11.8. The predicted molar refractivity (Wildman–Crippen MR) is 71.5 cm³/mol. The van der Waals surface area contributed by atoms with E-state index < -0.39 is 0 Å². The second-order valence-electron chi connectivity index (χ2n) is 4.13. The lowest BCUT2D eigenvalue weighted by atomic mass is 10.1. The van der Waals surface area contributed by atoms with Crippen molar-refractivity contribution >= 4 is 22.6 Å². The van der Waals surface area contributed by atoms with Gasteiger partial charge in [0.1, 0.15) is 5.69 Å². The topological polar surface area (TPSA) is 87.3 Å². The Balaban J connectivity index is 2.50. The quantitative estimate of drug-likeness (QED) is 0.823. The molecule has 2 aromatic rings. The van der Waals surface area contributed by atoms with Crippen LogP contribution < -0.4 is 5.56 Å². The van der Waals surface area contributed by atoms with E-state index in [9.17, 15) is 4.79 Å². The van der Waals surface area contributed by atoms with Crippen molar-refractivity contribution in [3.05, 3.63) is 25.8 Å². The van der Waals surface area contributed by atoms with Gasteiger partial charge in [0.05, 0.1) is 15.5 Å². The van der Waals surface area contributed by atoms with Gasteiger partial charge in [0.15, 0.2) is 5.82 Å².